The summed E-state index contributed by atoms with van der Waals surface area (Å²) < 4.78 is 0. The Morgan fingerprint density at radius 2 is 1.29 bits per heavy atom. The van der Waals surface area contributed by atoms with E-state index in [1.165, 1.54) is 6.42 Å². The summed E-state index contributed by atoms with van der Waals surface area (Å²) in [7, 11) is 0. The molecule has 0 bridgehead atoms. The summed E-state index contributed by atoms with van der Waals surface area (Å²) in [6.45, 7) is 18.2. The Kier molecular flexibility index (Phi) is 8.46. The van der Waals surface area contributed by atoms with Gasteiger partial charge in [-0.05, 0) is 32.6 Å². The van der Waals surface area contributed by atoms with Crippen molar-refractivity contribution in [1.82, 2.24) is 10.9 Å². The average Bonchev–Trinajstić information content (AvgIpc) is 1.99. The van der Waals surface area contributed by atoms with E-state index in [0.717, 1.165) is 6.54 Å². The summed E-state index contributed by atoms with van der Waals surface area (Å²) in [5.41, 5.74) is 7.06. The minimum atomic E-state index is 0.165. The molecule has 0 fully saturated rings. The lowest BCUT2D eigenvalue weighted by Gasteiger charge is -2.23. The van der Waals surface area contributed by atoms with Gasteiger partial charge in [-0.3, -0.25) is 10.9 Å². The predicted octanol–water partition coefficient (Wildman–Crippen LogP) is 3.34. The van der Waals surface area contributed by atoms with Crippen LogP contribution in [0.3, 0.4) is 0 Å². The fraction of sp³-hybridized carbons (Fsp3) is 1.00. The normalized spacial score (nSPS) is 12.0. The maximum absolute atomic E-state index is 3.24. The van der Waals surface area contributed by atoms with Crippen molar-refractivity contribution < 1.29 is 0 Å². The van der Waals surface area contributed by atoms with Gasteiger partial charge in [-0.2, -0.15) is 0 Å². The molecule has 0 aromatic heterocycles. The molecule has 0 unspecified atom stereocenters. The molecule has 2 heteroatoms. The van der Waals surface area contributed by atoms with E-state index in [4.69, 9.17) is 0 Å². The van der Waals surface area contributed by atoms with Gasteiger partial charge in [0, 0.05) is 12.1 Å². The summed E-state index contributed by atoms with van der Waals surface area (Å²) in [4.78, 5) is 0. The molecule has 0 aromatic rings. The molecule has 0 saturated heterocycles. The van der Waals surface area contributed by atoms with Gasteiger partial charge in [0.1, 0.15) is 0 Å². The summed E-state index contributed by atoms with van der Waals surface area (Å²) >= 11 is 0. The standard InChI is InChI=1S/C10H24N2.C2H6/c1-9(2,3)7-8-11-12-10(4,5)6;1-2/h11-12H,7-8H2,1-6H3;1-2H3. The van der Waals surface area contributed by atoms with Crippen LogP contribution < -0.4 is 10.9 Å². The van der Waals surface area contributed by atoms with Crippen molar-refractivity contribution in [2.24, 2.45) is 5.41 Å². The first-order chi connectivity index (χ1) is 6.21. The molecular formula is C12H30N2. The van der Waals surface area contributed by atoms with E-state index in [0.29, 0.717) is 5.41 Å². The molecule has 0 saturated carbocycles. The highest BCUT2D eigenvalue weighted by atomic mass is 15.4. The van der Waals surface area contributed by atoms with Crippen LogP contribution in [0, 0.1) is 5.41 Å². The van der Waals surface area contributed by atoms with Crippen LogP contribution >= 0.6 is 0 Å². The molecule has 0 aliphatic rings. The van der Waals surface area contributed by atoms with Gasteiger partial charge in [0.2, 0.25) is 0 Å². The Bertz CT molecular complexity index is 101. The first-order valence-corrected chi connectivity index (χ1v) is 5.71. The molecule has 2 N–H and O–H groups in total. The van der Waals surface area contributed by atoms with Crippen LogP contribution in [0.25, 0.3) is 0 Å². The predicted molar refractivity (Wildman–Crippen MR) is 66.3 cm³/mol. The highest BCUT2D eigenvalue weighted by Gasteiger charge is 2.11. The van der Waals surface area contributed by atoms with Crippen LogP contribution in [0.15, 0.2) is 0 Å². The molecular weight excluding hydrogens is 172 g/mol. The van der Waals surface area contributed by atoms with Crippen LogP contribution in [0.4, 0.5) is 0 Å². The van der Waals surface area contributed by atoms with Gasteiger partial charge in [-0.25, -0.2) is 0 Å². The number of hydrogen-bond acceptors (Lipinski definition) is 2. The van der Waals surface area contributed by atoms with Crippen molar-refractivity contribution >= 4 is 0 Å². The minimum Gasteiger partial charge on any atom is -0.257 e. The Morgan fingerprint density at radius 1 is 0.857 bits per heavy atom. The molecule has 0 heterocycles. The molecule has 2 nitrogen and oxygen atoms in total. The second-order valence-corrected chi connectivity index (χ2v) is 5.61. The highest BCUT2D eigenvalue weighted by Crippen LogP contribution is 2.16. The van der Waals surface area contributed by atoms with Crippen LogP contribution in [0.2, 0.25) is 0 Å². The quantitative estimate of drug-likeness (QED) is 0.542. The SMILES string of the molecule is CC.CC(C)(C)CCNNC(C)(C)C. The van der Waals surface area contributed by atoms with Crippen molar-refractivity contribution in [3.05, 3.63) is 0 Å². The van der Waals surface area contributed by atoms with E-state index in [1.54, 1.807) is 0 Å². The Balaban J connectivity index is 0. The number of rotatable bonds is 3. The van der Waals surface area contributed by atoms with Gasteiger partial charge in [0.25, 0.3) is 0 Å². The Hall–Kier alpha value is -0.0800. The third-order valence-corrected chi connectivity index (χ3v) is 1.46. The second kappa shape index (κ2) is 7.24. The third kappa shape index (κ3) is 17.9. The lowest BCUT2D eigenvalue weighted by atomic mass is 9.92. The van der Waals surface area contributed by atoms with Crippen LogP contribution in [0.5, 0.6) is 0 Å². The summed E-state index contributed by atoms with van der Waals surface area (Å²) in [5.74, 6) is 0. The maximum Gasteiger partial charge on any atom is 0.0239 e. The van der Waals surface area contributed by atoms with E-state index < -0.39 is 0 Å². The number of nitrogens with one attached hydrogen (secondary N) is 2. The minimum absolute atomic E-state index is 0.165. The molecule has 0 radical (unpaired) electrons. The molecule has 0 atom stereocenters. The van der Waals surface area contributed by atoms with E-state index in [2.05, 4.69) is 52.4 Å². The number of hydrogen-bond donors (Lipinski definition) is 2. The third-order valence-electron chi connectivity index (χ3n) is 1.46. The molecule has 14 heavy (non-hydrogen) atoms. The van der Waals surface area contributed by atoms with E-state index >= 15 is 0 Å². The molecule has 0 amide bonds. The molecule has 88 valence electrons. The molecule has 0 rings (SSSR count). The first-order valence-electron chi connectivity index (χ1n) is 5.71. The highest BCUT2D eigenvalue weighted by molar-refractivity contribution is 4.68. The van der Waals surface area contributed by atoms with Crippen molar-refractivity contribution in [3.63, 3.8) is 0 Å². The van der Waals surface area contributed by atoms with Gasteiger partial charge >= 0.3 is 0 Å². The lowest BCUT2D eigenvalue weighted by Crippen LogP contribution is -2.46. The fourth-order valence-electron chi connectivity index (χ4n) is 0.765. The summed E-state index contributed by atoms with van der Waals surface area (Å²) in [6, 6.07) is 0. The van der Waals surface area contributed by atoms with Crippen molar-refractivity contribution in [2.45, 2.75) is 67.3 Å². The first kappa shape index (κ1) is 16.4. The van der Waals surface area contributed by atoms with Gasteiger partial charge in [-0.15, -0.1) is 0 Å². The number of hydrazine groups is 1. The molecule has 0 aromatic carbocycles. The monoisotopic (exact) mass is 202 g/mol. The molecule has 0 aliphatic heterocycles. The fourth-order valence-corrected chi connectivity index (χ4v) is 0.765. The summed E-state index contributed by atoms with van der Waals surface area (Å²) in [5, 5.41) is 0. The van der Waals surface area contributed by atoms with Gasteiger partial charge < -0.3 is 0 Å². The zero-order chi connectivity index (χ0) is 11.8. The lowest BCUT2D eigenvalue weighted by molar-refractivity contribution is 0.310. The smallest absolute Gasteiger partial charge is 0.0239 e. The van der Waals surface area contributed by atoms with Gasteiger partial charge in [-0.1, -0.05) is 34.6 Å². The van der Waals surface area contributed by atoms with Crippen LogP contribution in [0.1, 0.15) is 61.8 Å². The summed E-state index contributed by atoms with van der Waals surface area (Å²) in [6.07, 6.45) is 1.19. The van der Waals surface area contributed by atoms with Gasteiger partial charge in [0.05, 0.1) is 0 Å². The Morgan fingerprint density at radius 3 is 1.57 bits per heavy atom. The largest absolute Gasteiger partial charge is 0.257 e. The zero-order valence-corrected chi connectivity index (χ0v) is 11.4. The zero-order valence-electron chi connectivity index (χ0n) is 11.4. The average molecular weight is 202 g/mol. The topological polar surface area (TPSA) is 24.1 Å². The van der Waals surface area contributed by atoms with E-state index in [9.17, 15) is 0 Å². The van der Waals surface area contributed by atoms with Gasteiger partial charge in [0.15, 0.2) is 0 Å². The van der Waals surface area contributed by atoms with Crippen LogP contribution in [-0.2, 0) is 0 Å². The Labute approximate surface area is 90.8 Å². The molecule has 0 aliphatic carbocycles. The maximum atomic E-state index is 3.24. The van der Waals surface area contributed by atoms with E-state index in [1.807, 2.05) is 13.8 Å². The van der Waals surface area contributed by atoms with Crippen LogP contribution in [-0.4, -0.2) is 12.1 Å². The van der Waals surface area contributed by atoms with Crippen molar-refractivity contribution in [2.75, 3.05) is 6.54 Å². The van der Waals surface area contributed by atoms with Crippen molar-refractivity contribution in [3.8, 4) is 0 Å². The molecule has 0 spiro atoms. The van der Waals surface area contributed by atoms with Crippen molar-refractivity contribution in [1.29, 1.82) is 0 Å². The van der Waals surface area contributed by atoms with E-state index in [-0.39, 0.29) is 5.54 Å². The second-order valence-electron chi connectivity index (χ2n) is 5.61.